The van der Waals surface area contributed by atoms with E-state index in [1.54, 1.807) is 11.6 Å². The van der Waals surface area contributed by atoms with Gasteiger partial charge >= 0.3 is 0 Å². The second-order valence-corrected chi connectivity index (χ2v) is 5.09. The molecule has 21 heavy (non-hydrogen) atoms. The fourth-order valence-electron chi connectivity index (χ4n) is 2.78. The maximum Gasteiger partial charge on any atom is 0.251 e. The average molecular weight is 280 g/mol. The lowest BCUT2D eigenvalue weighted by atomic mass is 9.95. The van der Waals surface area contributed by atoms with Crippen LogP contribution in [0.25, 0.3) is 22.2 Å². The van der Waals surface area contributed by atoms with Crippen LogP contribution < -0.4 is 5.73 Å². The molecule has 0 aliphatic rings. The van der Waals surface area contributed by atoms with Crippen LogP contribution in [0.2, 0.25) is 0 Å². The molecule has 0 spiro atoms. The van der Waals surface area contributed by atoms with Gasteiger partial charge in [0.05, 0.1) is 22.3 Å². The largest absolute Gasteiger partial charge is 0.366 e. The molecule has 1 aromatic carbocycles. The number of nitrogens with zero attached hydrogens (tertiary/aromatic N) is 3. The van der Waals surface area contributed by atoms with Crippen LogP contribution in [-0.2, 0) is 7.05 Å². The highest BCUT2D eigenvalue weighted by Crippen LogP contribution is 2.34. The van der Waals surface area contributed by atoms with Crippen molar-refractivity contribution in [3.05, 3.63) is 47.3 Å². The lowest BCUT2D eigenvalue weighted by Crippen LogP contribution is -2.16. The van der Waals surface area contributed by atoms with Crippen molar-refractivity contribution in [2.45, 2.75) is 13.8 Å². The van der Waals surface area contributed by atoms with Crippen molar-refractivity contribution in [2.24, 2.45) is 12.8 Å². The summed E-state index contributed by atoms with van der Waals surface area (Å²) < 4.78 is 1.73. The fourth-order valence-corrected chi connectivity index (χ4v) is 2.78. The zero-order valence-electron chi connectivity index (χ0n) is 12.2. The van der Waals surface area contributed by atoms with Gasteiger partial charge in [0, 0.05) is 12.6 Å². The molecule has 0 unspecified atom stereocenters. The molecule has 1 amide bonds. The molecule has 5 nitrogen and oxygen atoms in total. The summed E-state index contributed by atoms with van der Waals surface area (Å²) in [5.41, 5.74) is 10.0. The summed E-state index contributed by atoms with van der Waals surface area (Å²) >= 11 is 0. The maximum absolute atomic E-state index is 11.9. The molecule has 2 N–H and O–H groups in total. The Labute approximate surface area is 122 Å². The minimum absolute atomic E-state index is 0.463. The van der Waals surface area contributed by atoms with Crippen molar-refractivity contribution < 1.29 is 4.79 Å². The Bertz CT molecular complexity index is 850. The molecule has 0 aliphatic heterocycles. The van der Waals surface area contributed by atoms with Crippen LogP contribution in [0.4, 0.5) is 0 Å². The molecule has 3 rings (SSSR count). The van der Waals surface area contributed by atoms with Crippen LogP contribution in [-0.4, -0.2) is 20.7 Å². The van der Waals surface area contributed by atoms with Crippen molar-refractivity contribution in [1.29, 1.82) is 0 Å². The molecule has 0 saturated carbocycles. The molecular weight excluding hydrogens is 264 g/mol. The van der Waals surface area contributed by atoms with Crippen LogP contribution in [0.1, 0.15) is 21.7 Å². The Morgan fingerprint density at radius 3 is 2.43 bits per heavy atom. The van der Waals surface area contributed by atoms with E-state index >= 15 is 0 Å². The predicted octanol–water partition coefficient (Wildman–Crippen LogP) is 2.35. The lowest BCUT2D eigenvalue weighted by molar-refractivity contribution is 0.1000. The normalized spacial score (nSPS) is 11.0. The average Bonchev–Trinajstić information content (AvgIpc) is 2.73. The number of benzene rings is 1. The third-order valence-corrected chi connectivity index (χ3v) is 3.64. The molecule has 0 bridgehead atoms. The van der Waals surface area contributed by atoms with Gasteiger partial charge in [0.1, 0.15) is 0 Å². The van der Waals surface area contributed by atoms with E-state index in [1.807, 2.05) is 44.3 Å². The monoisotopic (exact) mass is 280 g/mol. The highest BCUT2D eigenvalue weighted by atomic mass is 16.1. The highest BCUT2D eigenvalue weighted by molar-refractivity contribution is 6.09. The molecule has 0 fully saturated rings. The standard InChI is InChI=1S/C16H16N4O/c1-9-12(15(17)21)14(11-7-5-4-6-8-11)13-10(2)19-20(3)16(13)18-9/h4-8H,1-3H3,(H2,17,21). The third kappa shape index (κ3) is 1.98. The Morgan fingerprint density at radius 1 is 1.14 bits per heavy atom. The Balaban J connectivity index is 2.54. The topological polar surface area (TPSA) is 73.8 Å². The van der Waals surface area contributed by atoms with Crippen LogP contribution in [0.5, 0.6) is 0 Å². The van der Waals surface area contributed by atoms with E-state index in [0.29, 0.717) is 11.3 Å². The number of carbonyl (C=O) groups is 1. The summed E-state index contributed by atoms with van der Waals surface area (Å²) in [6.07, 6.45) is 0. The number of carbonyl (C=O) groups excluding carboxylic acids is 1. The maximum atomic E-state index is 11.9. The summed E-state index contributed by atoms with van der Waals surface area (Å²) in [6, 6.07) is 9.75. The second-order valence-electron chi connectivity index (χ2n) is 5.09. The minimum atomic E-state index is -0.469. The van der Waals surface area contributed by atoms with Gasteiger partial charge in [-0.25, -0.2) is 4.98 Å². The Hall–Kier alpha value is -2.69. The first-order chi connectivity index (χ1) is 10.0. The quantitative estimate of drug-likeness (QED) is 0.783. The van der Waals surface area contributed by atoms with Gasteiger partial charge in [0.15, 0.2) is 5.65 Å². The summed E-state index contributed by atoms with van der Waals surface area (Å²) in [7, 11) is 1.85. The number of rotatable bonds is 2. The number of fused-ring (bicyclic) bond motifs is 1. The highest BCUT2D eigenvalue weighted by Gasteiger charge is 2.22. The zero-order valence-corrected chi connectivity index (χ0v) is 12.2. The van der Waals surface area contributed by atoms with Crippen LogP contribution >= 0.6 is 0 Å². The van der Waals surface area contributed by atoms with Gasteiger partial charge in [0.25, 0.3) is 5.91 Å². The van der Waals surface area contributed by atoms with Gasteiger partial charge < -0.3 is 5.73 Å². The summed E-state index contributed by atoms with van der Waals surface area (Å²) in [6.45, 7) is 3.71. The van der Waals surface area contributed by atoms with Crippen molar-refractivity contribution in [3.8, 4) is 11.1 Å². The molecule has 0 atom stereocenters. The number of amides is 1. The number of hydrogen-bond donors (Lipinski definition) is 1. The van der Waals surface area contributed by atoms with E-state index in [0.717, 1.165) is 27.9 Å². The zero-order chi connectivity index (χ0) is 15.1. The molecule has 0 saturated heterocycles. The van der Waals surface area contributed by atoms with Crippen molar-refractivity contribution in [1.82, 2.24) is 14.8 Å². The number of nitrogens with two attached hydrogens (primary N) is 1. The third-order valence-electron chi connectivity index (χ3n) is 3.64. The SMILES string of the molecule is Cc1nc2c(c(C)nn2C)c(-c2ccccc2)c1C(N)=O. The van der Waals surface area contributed by atoms with Gasteiger partial charge in [-0.2, -0.15) is 5.10 Å². The minimum Gasteiger partial charge on any atom is -0.366 e. The van der Waals surface area contributed by atoms with E-state index < -0.39 is 5.91 Å². The predicted molar refractivity (Wildman–Crippen MR) is 81.9 cm³/mol. The number of aryl methyl sites for hydroxylation is 3. The number of primary amides is 1. The van der Waals surface area contributed by atoms with Gasteiger partial charge in [0.2, 0.25) is 0 Å². The first kappa shape index (κ1) is 13.3. The van der Waals surface area contributed by atoms with Crippen LogP contribution in [0.15, 0.2) is 30.3 Å². The molecular formula is C16H16N4O. The molecule has 5 heteroatoms. The Kier molecular flexibility index (Phi) is 2.97. The molecule has 106 valence electrons. The molecule has 3 aromatic rings. The van der Waals surface area contributed by atoms with E-state index in [1.165, 1.54) is 0 Å². The molecule has 2 aromatic heterocycles. The smallest absolute Gasteiger partial charge is 0.251 e. The molecule has 2 heterocycles. The van der Waals surface area contributed by atoms with E-state index in [2.05, 4.69) is 10.1 Å². The molecule has 0 aliphatic carbocycles. The second kappa shape index (κ2) is 4.70. The summed E-state index contributed by atoms with van der Waals surface area (Å²) in [4.78, 5) is 16.4. The van der Waals surface area contributed by atoms with E-state index in [9.17, 15) is 4.79 Å². The van der Waals surface area contributed by atoms with Crippen LogP contribution in [0, 0.1) is 13.8 Å². The van der Waals surface area contributed by atoms with Gasteiger partial charge in [-0.1, -0.05) is 30.3 Å². The van der Waals surface area contributed by atoms with Crippen molar-refractivity contribution in [2.75, 3.05) is 0 Å². The van der Waals surface area contributed by atoms with Gasteiger partial charge in [-0.15, -0.1) is 0 Å². The number of hydrogen-bond acceptors (Lipinski definition) is 3. The molecule has 0 radical (unpaired) electrons. The Morgan fingerprint density at radius 2 is 1.81 bits per heavy atom. The van der Waals surface area contributed by atoms with Crippen molar-refractivity contribution in [3.63, 3.8) is 0 Å². The number of aromatic nitrogens is 3. The van der Waals surface area contributed by atoms with Gasteiger partial charge in [-0.05, 0) is 19.4 Å². The first-order valence-corrected chi connectivity index (χ1v) is 6.70. The first-order valence-electron chi connectivity index (χ1n) is 6.70. The number of pyridine rings is 1. The van der Waals surface area contributed by atoms with Crippen LogP contribution in [0.3, 0.4) is 0 Å². The summed E-state index contributed by atoms with van der Waals surface area (Å²) in [5.74, 6) is -0.469. The van der Waals surface area contributed by atoms with Gasteiger partial charge in [-0.3, -0.25) is 9.48 Å². The van der Waals surface area contributed by atoms with E-state index in [4.69, 9.17) is 5.73 Å². The fraction of sp³-hybridized carbons (Fsp3) is 0.188. The van der Waals surface area contributed by atoms with E-state index in [-0.39, 0.29) is 0 Å². The summed E-state index contributed by atoms with van der Waals surface area (Å²) in [5, 5.41) is 5.30. The van der Waals surface area contributed by atoms with Crippen molar-refractivity contribution >= 4 is 16.9 Å². The lowest BCUT2D eigenvalue weighted by Gasteiger charge is -2.12.